The number of thiophene rings is 1. The summed E-state index contributed by atoms with van der Waals surface area (Å²) in [4.78, 5) is 36.4. The van der Waals surface area contributed by atoms with Crippen molar-refractivity contribution in [1.29, 1.82) is 0 Å². The van der Waals surface area contributed by atoms with E-state index >= 15 is 0 Å². The summed E-state index contributed by atoms with van der Waals surface area (Å²) in [6, 6.07) is 19.4. The van der Waals surface area contributed by atoms with Crippen molar-refractivity contribution < 1.29 is 23.9 Å². The van der Waals surface area contributed by atoms with E-state index in [1.165, 1.54) is 11.3 Å². The van der Waals surface area contributed by atoms with E-state index in [1.54, 1.807) is 41.8 Å². The maximum atomic E-state index is 12.4. The van der Waals surface area contributed by atoms with Crippen LogP contribution in [0.25, 0.3) is 0 Å². The van der Waals surface area contributed by atoms with Crippen molar-refractivity contribution in [2.24, 2.45) is 0 Å². The Bertz CT molecular complexity index is 974. The molecule has 0 saturated heterocycles. The number of hydrogen-bond donors (Lipinski definition) is 2. The van der Waals surface area contributed by atoms with Crippen LogP contribution in [-0.2, 0) is 16.1 Å². The van der Waals surface area contributed by atoms with Gasteiger partial charge in [0.25, 0.3) is 11.8 Å². The standard InChI is InChI=1S/C21H18N2O5S/c24-19(22-23-20(25)18-11-6-12-29-18)14-28-21(26)17-10-5-4-7-15(17)13-27-16-8-2-1-3-9-16/h1-12H,13-14H2,(H,22,24)(H,23,25). The van der Waals surface area contributed by atoms with Crippen LogP contribution in [-0.4, -0.2) is 24.4 Å². The molecule has 8 heteroatoms. The molecule has 2 amide bonds. The molecule has 0 bridgehead atoms. The average molecular weight is 410 g/mol. The number of rotatable bonds is 7. The highest BCUT2D eigenvalue weighted by Crippen LogP contribution is 2.15. The molecule has 0 fully saturated rings. The number of hydrazine groups is 1. The molecule has 3 aromatic rings. The van der Waals surface area contributed by atoms with Crippen LogP contribution in [0.2, 0.25) is 0 Å². The molecule has 1 aromatic heterocycles. The lowest BCUT2D eigenvalue weighted by molar-refractivity contribution is -0.125. The number of amides is 2. The van der Waals surface area contributed by atoms with E-state index in [4.69, 9.17) is 9.47 Å². The van der Waals surface area contributed by atoms with Gasteiger partial charge in [0.1, 0.15) is 12.4 Å². The molecular formula is C21H18N2O5S. The second kappa shape index (κ2) is 10.0. The third-order valence-corrected chi connectivity index (χ3v) is 4.64. The number of esters is 1. The summed E-state index contributed by atoms with van der Waals surface area (Å²) in [6.45, 7) is -0.351. The van der Waals surface area contributed by atoms with E-state index in [0.717, 1.165) is 0 Å². The Balaban J connectivity index is 1.50. The number of carbonyl (C=O) groups excluding carboxylic acids is 3. The molecule has 1 heterocycles. The highest BCUT2D eigenvalue weighted by molar-refractivity contribution is 7.12. The molecule has 0 spiro atoms. The molecule has 7 nitrogen and oxygen atoms in total. The molecule has 0 aliphatic rings. The first-order valence-electron chi connectivity index (χ1n) is 8.69. The van der Waals surface area contributed by atoms with E-state index in [1.807, 2.05) is 30.3 Å². The first-order valence-corrected chi connectivity index (χ1v) is 9.57. The molecule has 148 valence electrons. The van der Waals surface area contributed by atoms with E-state index in [9.17, 15) is 14.4 Å². The number of nitrogens with one attached hydrogen (secondary N) is 2. The first-order chi connectivity index (χ1) is 14.1. The van der Waals surface area contributed by atoms with Gasteiger partial charge in [-0.3, -0.25) is 20.4 Å². The zero-order valence-electron chi connectivity index (χ0n) is 15.3. The predicted octanol–water partition coefficient (Wildman–Crippen LogP) is 2.95. The van der Waals surface area contributed by atoms with Crippen LogP contribution in [0.15, 0.2) is 72.1 Å². The molecule has 2 aromatic carbocycles. The summed E-state index contributed by atoms with van der Waals surface area (Å²) in [5.74, 6) is -1.07. The highest BCUT2D eigenvalue weighted by Gasteiger charge is 2.15. The second-order valence-electron chi connectivity index (χ2n) is 5.81. The van der Waals surface area contributed by atoms with Gasteiger partial charge in [-0.25, -0.2) is 4.79 Å². The largest absolute Gasteiger partial charge is 0.489 e. The molecule has 29 heavy (non-hydrogen) atoms. The zero-order valence-corrected chi connectivity index (χ0v) is 16.1. The number of ether oxygens (including phenoxy) is 2. The monoisotopic (exact) mass is 410 g/mol. The Morgan fingerprint density at radius 2 is 1.62 bits per heavy atom. The van der Waals surface area contributed by atoms with Crippen molar-refractivity contribution in [3.05, 3.63) is 88.1 Å². The zero-order chi connectivity index (χ0) is 20.5. The summed E-state index contributed by atoms with van der Waals surface area (Å²) >= 11 is 1.24. The van der Waals surface area contributed by atoms with Crippen LogP contribution in [0, 0.1) is 0 Å². The van der Waals surface area contributed by atoms with Crippen molar-refractivity contribution in [2.75, 3.05) is 6.61 Å². The maximum Gasteiger partial charge on any atom is 0.339 e. The Labute approximate surface area is 171 Å². The highest BCUT2D eigenvalue weighted by atomic mass is 32.1. The van der Waals surface area contributed by atoms with Gasteiger partial charge >= 0.3 is 5.97 Å². The van der Waals surface area contributed by atoms with Gasteiger partial charge < -0.3 is 9.47 Å². The summed E-state index contributed by atoms with van der Waals surface area (Å²) < 4.78 is 10.7. The van der Waals surface area contributed by atoms with Gasteiger partial charge in [0.2, 0.25) is 0 Å². The Kier molecular flexibility index (Phi) is 6.96. The van der Waals surface area contributed by atoms with Gasteiger partial charge in [-0.15, -0.1) is 11.3 Å². The van der Waals surface area contributed by atoms with Gasteiger partial charge in [0.05, 0.1) is 10.4 Å². The fourth-order valence-corrected chi connectivity index (χ4v) is 2.98. The number of carbonyl (C=O) groups is 3. The summed E-state index contributed by atoms with van der Waals surface area (Å²) in [7, 11) is 0. The SMILES string of the molecule is O=C(COC(=O)c1ccccc1COc1ccccc1)NNC(=O)c1cccs1. The van der Waals surface area contributed by atoms with Crippen LogP contribution >= 0.6 is 11.3 Å². The lowest BCUT2D eigenvalue weighted by atomic mass is 10.1. The summed E-state index contributed by atoms with van der Waals surface area (Å²) in [5.41, 5.74) is 5.40. The smallest absolute Gasteiger partial charge is 0.339 e. The molecule has 3 rings (SSSR count). The minimum absolute atomic E-state index is 0.179. The molecule has 0 saturated carbocycles. The third kappa shape index (κ3) is 5.91. The number of hydrogen-bond acceptors (Lipinski definition) is 6. The fraction of sp³-hybridized carbons (Fsp3) is 0.0952. The minimum Gasteiger partial charge on any atom is -0.489 e. The lowest BCUT2D eigenvalue weighted by Gasteiger charge is -2.11. The van der Waals surface area contributed by atoms with Crippen LogP contribution < -0.4 is 15.6 Å². The lowest BCUT2D eigenvalue weighted by Crippen LogP contribution is -2.43. The quantitative estimate of drug-likeness (QED) is 0.461. The molecule has 0 aliphatic carbocycles. The van der Waals surface area contributed by atoms with Crippen LogP contribution in [0.3, 0.4) is 0 Å². The fourth-order valence-electron chi connectivity index (χ4n) is 2.36. The minimum atomic E-state index is -0.656. The van der Waals surface area contributed by atoms with E-state index in [0.29, 0.717) is 21.8 Å². The van der Waals surface area contributed by atoms with E-state index in [2.05, 4.69) is 10.9 Å². The molecule has 0 unspecified atom stereocenters. The van der Waals surface area contributed by atoms with Crippen LogP contribution in [0.5, 0.6) is 5.75 Å². The molecular weight excluding hydrogens is 392 g/mol. The van der Waals surface area contributed by atoms with Crippen molar-refractivity contribution in [2.45, 2.75) is 6.61 Å². The van der Waals surface area contributed by atoms with Gasteiger partial charge in [-0.05, 0) is 29.6 Å². The molecule has 0 radical (unpaired) electrons. The van der Waals surface area contributed by atoms with Crippen LogP contribution in [0.1, 0.15) is 25.6 Å². The van der Waals surface area contributed by atoms with Crippen molar-refractivity contribution in [3.63, 3.8) is 0 Å². The Morgan fingerprint density at radius 1 is 0.862 bits per heavy atom. The molecule has 0 atom stereocenters. The maximum absolute atomic E-state index is 12.4. The third-order valence-electron chi connectivity index (χ3n) is 3.77. The van der Waals surface area contributed by atoms with Gasteiger partial charge in [-0.1, -0.05) is 42.5 Å². The predicted molar refractivity (Wildman–Crippen MR) is 107 cm³/mol. The topological polar surface area (TPSA) is 93.7 Å². The normalized spacial score (nSPS) is 10.1. The molecule has 0 aliphatic heterocycles. The van der Waals surface area contributed by atoms with Crippen molar-refractivity contribution >= 4 is 29.1 Å². The molecule has 2 N–H and O–H groups in total. The Morgan fingerprint density at radius 3 is 2.38 bits per heavy atom. The summed E-state index contributed by atoms with van der Waals surface area (Å²) in [5, 5.41) is 1.75. The van der Waals surface area contributed by atoms with Gasteiger partial charge in [0, 0.05) is 5.56 Å². The van der Waals surface area contributed by atoms with Gasteiger partial charge in [-0.2, -0.15) is 0 Å². The first kappa shape index (κ1) is 20.1. The average Bonchev–Trinajstić information content (AvgIpc) is 3.30. The van der Waals surface area contributed by atoms with Crippen molar-refractivity contribution in [1.82, 2.24) is 10.9 Å². The van der Waals surface area contributed by atoms with E-state index < -0.39 is 24.4 Å². The van der Waals surface area contributed by atoms with E-state index in [-0.39, 0.29) is 6.61 Å². The van der Waals surface area contributed by atoms with Crippen LogP contribution in [0.4, 0.5) is 0 Å². The number of benzene rings is 2. The number of para-hydroxylation sites is 1. The van der Waals surface area contributed by atoms with Gasteiger partial charge in [0.15, 0.2) is 6.61 Å². The second-order valence-corrected chi connectivity index (χ2v) is 6.76. The Hall–Kier alpha value is -3.65. The van der Waals surface area contributed by atoms with Crippen molar-refractivity contribution in [3.8, 4) is 5.75 Å². The summed E-state index contributed by atoms with van der Waals surface area (Å²) in [6.07, 6.45) is 0.